The minimum absolute atomic E-state index is 0.0726. The van der Waals surface area contributed by atoms with E-state index in [0.29, 0.717) is 31.8 Å². The van der Waals surface area contributed by atoms with Gasteiger partial charge in [0.05, 0.1) is 22.0 Å². The number of benzene rings is 2. The first-order chi connectivity index (χ1) is 16.7. The molecule has 2 aliphatic rings. The average Bonchev–Trinajstić information content (AvgIpc) is 3.21. The molecule has 1 atom stereocenters. The smallest absolute Gasteiger partial charge is 0.419 e. The molecule has 3 aromatic rings. The summed E-state index contributed by atoms with van der Waals surface area (Å²) in [6.45, 7) is 6.47. The molecule has 0 radical (unpaired) electrons. The van der Waals surface area contributed by atoms with Crippen LogP contribution < -0.4 is 0 Å². The third kappa shape index (κ3) is 4.17. The summed E-state index contributed by atoms with van der Waals surface area (Å²) < 4.78 is 60.6. The molecule has 1 aromatic heterocycles. The van der Waals surface area contributed by atoms with E-state index in [4.69, 9.17) is 4.74 Å². The summed E-state index contributed by atoms with van der Waals surface area (Å²) in [5.74, 6) is -0.816. The van der Waals surface area contributed by atoms with E-state index in [1.807, 2.05) is 45.0 Å². The Bertz CT molecular complexity index is 1320. The molecule has 1 saturated carbocycles. The van der Waals surface area contributed by atoms with Gasteiger partial charge in [0.25, 0.3) is 0 Å². The van der Waals surface area contributed by atoms with Crippen LogP contribution in [0, 0.1) is 11.2 Å². The number of piperidine rings is 1. The Morgan fingerprint density at radius 1 is 1.11 bits per heavy atom. The Morgan fingerprint density at radius 3 is 2.33 bits per heavy atom. The van der Waals surface area contributed by atoms with Gasteiger partial charge in [-0.15, -0.1) is 0 Å². The topological polar surface area (TPSA) is 58.2 Å². The van der Waals surface area contributed by atoms with E-state index in [9.17, 15) is 22.4 Å². The summed E-state index contributed by atoms with van der Waals surface area (Å²) in [6, 6.07) is 9.43. The molecule has 1 unspecified atom stereocenters. The van der Waals surface area contributed by atoms with Crippen LogP contribution in [0.4, 0.5) is 22.4 Å². The van der Waals surface area contributed by atoms with Gasteiger partial charge in [-0.25, -0.2) is 14.2 Å². The molecule has 192 valence electrons. The maximum Gasteiger partial charge on any atom is 0.419 e. The van der Waals surface area contributed by atoms with Crippen molar-refractivity contribution in [3.63, 3.8) is 0 Å². The largest absolute Gasteiger partial charge is 0.444 e. The molecule has 36 heavy (non-hydrogen) atoms. The Hall–Kier alpha value is -2.62. The van der Waals surface area contributed by atoms with Crippen LogP contribution >= 0.6 is 15.9 Å². The Kier molecular flexibility index (Phi) is 5.70. The van der Waals surface area contributed by atoms with Crippen molar-refractivity contribution in [1.29, 1.82) is 0 Å². The average molecular weight is 568 g/mol. The summed E-state index contributed by atoms with van der Waals surface area (Å²) in [5.41, 5.74) is -1.47. The van der Waals surface area contributed by atoms with Crippen LogP contribution in [0.25, 0.3) is 11.0 Å². The van der Waals surface area contributed by atoms with Crippen molar-refractivity contribution < 1.29 is 27.1 Å². The van der Waals surface area contributed by atoms with Crippen LogP contribution in [-0.4, -0.2) is 39.7 Å². The van der Waals surface area contributed by atoms with Gasteiger partial charge in [0.1, 0.15) is 17.2 Å². The number of likely N-dealkylation sites (tertiary alicyclic amines) is 1. The number of rotatable bonds is 2. The van der Waals surface area contributed by atoms with Crippen LogP contribution in [0.1, 0.15) is 57.0 Å². The monoisotopic (exact) mass is 567 g/mol. The molecule has 1 N–H and O–H groups in total. The van der Waals surface area contributed by atoms with E-state index in [-0.39, 0.29) is 22.5 Å². The zero-order chi connectivity index (χ0) is 26.1. The predicted octanol–water partition coefficient (Wildman–Crippen LogP) is 7.19. The number of nitrogens with one attached hydrogen (secondary N) is 1. The number of hydrogen-bond donors (Lipinski definition) is 1. The molecule has 1 aliphatic heterocycles. The van der Waals surface area contributed by atoms with E-state index in [0.717, 1.165) is 28.6 Å². The number of H-pyrrole nitrogens is 1. The molecule has 5 rings (SSSR count). The van der Waals surface area contributed by atoms with Crippen molar-refractivity contribution in [1.82, 2.24) is 14.9 Å². The number of hydrogen-bond acceptors (Lipinski definition) is 3. The van der Waals surface area contributed by atoms with Crippen LogP contribution in [0.15, 0.2) is 40.9 Å². The lowest BCUT2D eigenvalue weighted by Crippen LogP contribution is -2.43. The predicted molar refractivity (Wildman–Crippen MR) is 130 cm³/mol. The van der Waals surface area contributed by atoms with Gasteiger partial charge in [0.15, 0.2) is 0 Å². The Balaban J connectivity index is 1.52. The minimum Gasteiger partial charge on any atom is -0.444 e. The van der Waals surface area contributed by atoms with Gasteiger partial charge in [-0.05, 0) is 69.2 Å². The molecule has 1 amide bonds. The third-order valence-electron chi connectivity index (χ3n) is 7.37. The van der Waals surface area contributed by atoms with Gasteiger partial charge in [0, 0.05) is 23.6 Å². The molecular formula is C26H26BrF4N3O2. The number of imidazole rings is 1. The maximum absolute atomic E-state index is 14.3. The molecule has 2 fully saturated rings. The second kappa shape index (κ2) is 8.19. The second-order valence-corrected chi connectivity index (χ2v) is 11.7. The van der Waals surface area contributed by atoms with Gasteiger partial charge in [-0.1, -0.05) is 28.1 Å². The molecule has 0 bridgehead atoms. The van der Waals surface area contributed by atoms with E-state index >= 15 is 0 Å². The molecular weight excluding hydrogens is 542 g/mol. The first kappa shape index (κ1) is 25.0. The van der Waals surface area contributed by atoms with Crippen molar-refractivity contribution in [3.05, 3.63) is 63.6 Å². The number of nitrogens with zero attached hydrogens (tertiary/aromatic N) is 2. The van der Waals surface area contributed by atoms with Gasteiger partial charge in [0.2, 0.25) is 0 Å². The first-order valence-electron chi connectivity index (χ1n) is 11.8. The molecule has 1 aliphatic carbocycles. The van der Waals surface area contributed by atoms with E-state index in [2.05, 4.69) is 25.9 Å². The molecule has 5 nitrogen and oxygen atoms in total. The van der Waals surface area contributed by atoms with Gasteiger partial charge < -0.3 is 14.6 Å². The normalized spacial score (nSPS) is 21.7. The molecule has 10 heteroatoms. The van der Waals surface area contributed by atoms with Crippen molar-refractivity contribution in [2.75, 3.05) is 13.1 Å². The number of aromatic nitrogens is 2. The molecule has 2 heterocycles. The van der Waals surface area contributed by atoms with Crippen LogP contribution in [0.3, 0.4) is 0 Å². The highest BCUT2D eigenvalue weighted by Gasteiger charge is 2.70. The highest BCUT2D eigenvalue weighted by atomic mass is 79.9. The summed E-state index contributed by atoms with van der Waals surface area (Å²) in [4.78, 5) is 22.0. The molecule has 1 saturated heterocycles. The Morgan fingerprint density at radius 2 is 1.75 bits per heavy atom. The number of fused-ring (bicyclic) bond motifs is 1. The Labute approximate surface area is 214 Å². The van der Waals surface area contributed by atoms with E-state index < -0.39 is 28.6 Å². The van der Waals surface area contributed by atoms with Gasteiger partial charge >= 0.3 is 12.3 Å². The quantitative estimate of drug-likeness (QED) is 0.333. The molecule has 2 aromatic carbocycles. The van der Waals surface area contributed by atoms with E-state index in [1.165, 1.54) is 0 Å². The number of aromatic amines is 1. The fourth-order valence-electron chi connectivity index (χ4n) is 5.57. The highest BCUT2D eigenvalue weighted by molar-refractivity contribution is 9.10. The van der Waals surface area contributed by atoms with Crippen molar-refractivity contribution in [3.8, 4) is 0 Å². The zero-order valence-electron chi connectivity index (χ0n) is 20.1. The summed E-state index contributed by atoms with van der Waals surface area (Å²) in [6.07, 6.45) is -3.08. The van der Waals surface area contributed by atoms with E-state index in [1.54, 1.807) is 4.90 Å². The van der Waals surface area contributed by atoms with Crippen LogP contribution in [0.5, 0.6) is 0 Å². The second-order valence-electron chi connectivity index (χ2n) is 10.8. The number of alkyl halides is 3. The summed E-state index contributed by atoms with van der Waals surface area (Å²) in [7, 11) is 0. The van der Waals surface area contributed by atoms with Crippen LogP contribution in [-0.2, 0) is 16.3 Å². The number of halogens is 5. The zero-order valence-corrected chi connectivity index (χ0v) is 21.7. The highest BCUT2D eigenvalue weighted by Crippen LogP contribution is 2.72. The number of carbonyl (C=O) groups is 1. The lowest BCUT2D eigenvalue weighted by atomic mass is 9.79. The van der Waals surface area contributed by atoms with Gasteiger partial charge in [-0.2, -0.15) is 13.2 Å². The maximum atomic E-state index is 14.3. The third-order valence-corrected chi connectivity index (χ3v) is 7.90. The lowest BCUT2D eigenvalue weighted by molar-refractivity contribution is -0.139. The van der Waals surface area contributed by atoms with Crippen molar-refractivity contribution in [2.45, 2.75) is 57.2 Å². The molecule has 1 spiro atoms. The number of amides is 1. The summed E-state index contributed by atoms with van der Waals surface area (Å²) in [5, 5.41) is 0. The summed E-state index contributed by atoms with van der Waals surface area (Å²) >= 11 is 3.46. The van der Waals surface area contributed by atoms with Crippen molar-refractivity contribution in [2.24, 2.45) is 5.41 Å². The first-order valence-corrected chi connectivity index (χ1v) is 12.5. The lowest BCUT2D eigenvalue weighted by Gasteiger charge is -2.36. The minimum atomic E-state index is -4.81. The number of ether oxygens (including phenoxy) is 1. The van der Waals surface area contributed by atoms with Gasteiger partial charge in [-0.3, -0.25) is 0 Å². The fraction of sp³-hybridized carbons (Fsp3) is 0.462. The SMILES string of the molecule is CC(C)(C)OC(=O)N1CCC2(CC1)CC2(c1ccc(Br)cc1)c1nc2cc(C(F)(F)F)c(F)cc2[nH]1. The number of carbonyl (C=O) groups excluding carboxylic acids is 1. The van der Waals surface area contributed by atoms with Crippen molar-refractivity contribution >= 4 is 33.1 Å². The fourth-order valence-corrected chi connectivity index (χ4v) is 5.84. The van der Waals surface area contributed by atoms with Crippen LogP contribution in [0.2, 0.25) is 0 Å². The standard InChI is InChI=1S/C26H26BrF4N3O2/c1-23(2,3)36-22(35)34-10-8-24(9-11-34)14-25(24,15-4-6-16(27)7-5-15)21-32-19-12-17(26(29,30)31)18(28)13-20(19)33-21/h4-7,12-13H,8-11,14H2,1-3H3,(H,32,33).